The van der Waals surface area contributed by atoms with Crippen LogP contribution in [0.3, 0.4) is 0 Å². The Morgan fingerprint density at radius 2 is 1.70 bits per heavy atom. The number of Topliss-reactive ketones (excluding diaryl/α,β-unsaturated/α-hetero) is 2. The van der Waals surface area contributed by atoms with Gasteiger partial charge in [0, 0.05) is 43.1 Å². The van der Waals surface area contributed by atoms with Crippen LogP contribution < -0.4 is 5.73 Å². The van der Waals surface area contributed by atoms with Crippen molar-refractivity contribution in [1.29, 1.82) is 0 Å². The third-order valence-electron chi connectivity index (χ3n) is 10.3. The highest BCUT2D eigenvalue weighted by atomic mass is 16.6. The molecule has 2 bridgehead atoms. The van der Waals surface area contributed by atoms with Crippen molar-refractivity contribution in [3.05, 3.63) is 35.9 Å². The number of hydrogen-bond acceptors (Lipinski definition) is 12. The average molecular weight is 606 g/mol. The summed E-state index contributed by atoms with van der Waals surface area (Å²) in [5.74, 6) is -7.35. The lowest BCUT2D eigenvalue weighted by Gasteiger charge is -2.61. The first-order valence-electron chi connectivity index (χ1n) is 14.6. The van der Waals surface area contributed by atoms with E-state index >= 15 is 0 Å². The Bertz CT molecular complexity index is 1240. The molecule has 43 heavy (non-hydrogen) atoms. The van der Waals surface area contributed by atoms with Crippen LogP contribution in [0.25, 0.3) is 0 Å². The van der Waals surface area contributed by atoms with Crippen LogP contribution >= 0.6 is 0 Å². The maximum absolute atomic E-state index is 14.2. The Morgan fingerprint density at radius 3 is 2.30 bits per heavy atom. The van der Waals surface area contributed by atoms with E-state index in [9.17, 15) is 39.6 Å². The normalized spacial score (nSPS) is 39.2. The summed E-state index contributed by atoms with van der Waals surface area (Å²) in [7, 11) is 0. The molecule has 11 unspecified atom stereocenters. The molecule has 4 rings (SSSR count). The predicted octanol–water partition coefficient (Wildman–Crippen LogP) is 0.221. The first-order valence-corrected chi connectivity index (χ1v) is 14.6. The van der Waals surface area contributed by atoms with Gasteiger partial charge in [-0.3, -0.25) is 14.4 Å². The fourth-order valence-electron chi connectivity index (χ4n) is 7.60. The van der Waals surface area contributed by atoms with Crippen LogP contribution in [-0.2, 0) is 33.4 Å². The van der Waals surface area contributed by atoms with Gasteiger partial charge in [0.2, 0.25) is 11.6 Å². The van der Waals surface area contributed by atoms with E-state index < -0.39 is 101 Å². The molecule has 12 nitrogen and oxygen atoms in total. The van der Waals surface area contributed by atoms with E-state index in [0.29, 0.717) is 5.56 Å². The fourth-order valence-corrected chi connectivity index (χ4v) is 7.60. The largest absolute Gasteiger partial charge is 0.460 e. The summed E-state index contributed by atoms with van der Waals surface area (Å²) in [5.41, 5.74) is 0.971. The Kier molecular flexibility index (Phi) is 9.24. The van der Waals surface area contributed by atoms with E-state index in [1.807, 2.05) is 0 Å². The van der Waals surface area contributed by atoms with Crippen molar-refractivity contribution in [2.75, 3.05) is 13.2 Å². The monoisotopic (exact) mass is 605 g/mol. The number of nitrogens with two attached hydrogens (primary N) is 1. The molecule has 2 saturated carbocycles. The Labute approximate surface area is 250 Å². The van der Waals surface area contributed by atoms with Crippen LogP contribution in [0.1, 0.15) is 59.1 Å². The molecule has 2 aliphatic carbocycles. The predicted molar refractivity (Wildman–Crippen MR) is 150 cm³/mol. The molecule has 0 spiro atoms. The van der Waals surface area contributed by atoms with Gasteiger partial charge in [0.1, 0.15) is 17.8 Å². The molecule has 0 aromatic heterocycles. The molecule has 11 atom stereocenters. The molecule has 1 aromatic rings. The van der Waals surface area contributed by atoms with Crippen molar-refractivity contribution in [2.45, 2.75) is 89.6 Å². The van der Waals surface area contributed by atoms with Gasteiger partial charge in [-0.05, 0) is 18.9 Å². The van der Waals surface area contributed by atoms with Crippen LogP contribution in [-0.4, -0.2) is 93.3 Å². The van der Waals surface area contributed by atoms with Crippen LogP contribution in [0.5, 0.6) is 0 Å². The van der Waals surface area contributed by atoms with E-state index in [-0.39, 0.29) is 19.6 Å². The first-order chi connectivity index (χ1) is 20.0. The third kappa shape index (κ3) is 5.42. The zero-order chi connectivity index (χ0) is 32.1. The van der Waals surface area contributed by atoms with Gasteiger partial charge in [-0.25, -0.2) is 4.79 Å². The molecule has 1 aliphatic heterocycles. The second kappa shape index (κ2) is 12.0. The number of benzene rings is 1. The number of esters is 2. The molecule has 12 heteroatoms. The quantitative estimate of drug-likeness (QED) is 0.226. The van der Waals surface area contributed by atoms with Gasteiger partial charge < -0.3 is 40.4 Å². The molecule has 1 saturated heterocycles. The number of aliphatic hydroxyl groups is 4. The van der Waals surface area contributed by atoms with Gasteiger partial charge in [-0.1, -0.05) is 51.1 Å². The highest BCUT2D eigenvalue weighted by Crippen LogP contribution is 2.59. The Hall–Kier alpha value is -2.74. The summed E-state index contributed by atoms with van der Waals surface area (Å²) in [6.45, 7) is 6.89. The molecule has 1 heterocycles. The van der Waals surface area contributed by atoms with E-state index in [1.165, 1.54) is 6.92 Å². The van der Waals surface area contributed by atoms with Gasteiger partial charge in [-0.2, -0.15) is 0 Å². The second-order valence-corrected chi connectivity index (χ2v) is 13.0. The molecule has 1 aromatic carbocycles. The Morgan fingerprint density at radius 1 is 1.07 bits per heavy atom. The molecule has 6 N–H and O–H groups in total. The third-order valence-corrected chi connectivity index (χ3v) is 10.3. The van der Waals surface area contributed by atoms with Crippen molar-refractivity contribution in [3.63, 3.8) is 0 Å². The zero-order valence-corrected chi connectivity index (χ0v) is 25.1. The highest BCUT2D eigenvalue weighted by Gasteiger charge is 2.71. The van der Waals surface area contributed by atoms with Gasteiger partial charge in [-0.15, -0.1) is 0 Å². The summed E-state index contributed by atoms with van der Waals surface area (Å²) in [6, 6.07) is 7.28. The van der Waals surface area contributed by atoms with Crippen molar-refractivity contribution in [2.24, 2.45) is 34.3 Å². The van der Waals surface area contributed by atoms with E-state index in [0.717, 1.165) is 6.92 Å². The van der Waals surface area contributed by atoms with Gasteiger partial charge in [0.05, 0.1) is 30.3 Å². The smallest absolute Gasteiger partial charge is 0.337 e. The SMILES string of the molecule is CC(=O)OC1COCCC(O)C2(C)C(=O)C(=O)C3C(C)C(OC(=O)C(O)C(N)c4ccccc4)CC(O)(C(O)C12)C3(C)C. The first kappa shape index (κ1) is 33.2. The van der Waals surface area contributed by atoms with E-state index in [1.54, 1.807) is 51.1 Å². The molecule has 3 aliphatic rings. The summed E-state index contributed by atoms with van der Waals surface area (Å²) in [6.07, 6.45) is -8.12. The number of carbonyl (C=O) groups excluding carboxylic acids is 4. The minimum atomic E-state index is -2.21. The minimum absolute atomic E-state index is 0.000129. The lowest BCUT2D eigenvalue weighted by molar-refractivity contribution is -0.268. The number of aliphatic hydroxyl groups excluding tert-OH is 3. The minimum Gasteiger partial charge on any atom is -0.460 e. The van der Waals surface area contributed by atoms with Crippen molar-refractivity contribution < 1.29 is 53.8 Å². The van der Waals surface area contributed by atoms with Gasteiger partial charge >= 0.3 is 11.9 Å². The summed E-state index contributed by atoms with van der Waals surface area (Å²) >= 11 is 0. The van der Waals surface area contributed by atoms with Gasteiger partial charge in [0.15, 0.2) is 6.10 Å². The average Bonchev–Trinajstić information content (AvgIpc) is 2.95. The van der Waals surface area contributed by atoms with E-state index in [2.05, 4.69) is 0 Å². The topological polar surface area (TPSA) is 203 Å². The van der Waals surface area contributed by atoms with Crippen LogP contribution in [0.4, 0.5) is 0 Å². The molecular formula is C31H43NO11. The number of rotatable bonds is 5. The van der Waals surface area contributed by atoms with Crippen LogP contribution in [0.2, 0.25) is 0 Å². The summed E-state index contributed by atoms with van der Waals surface area (Å²) in [4.78, 5) is 53.6. The lowest BCUT2D eigenvalue weighted by atomic mass is 9.46. The van der Waals surface area contributed by atoms with Crippen LogP contribution in [0, 0.1) is 28.6 Å². The highest BCUT2D eigenvalue weighted by molar-refractivity contribution is 6.40. The maximum Gasteiger partial charge on any atom is 0.337 e. The van der Waals surface area contributed by atoms with E-state index in [4.69, 9.17) is 19.9 Å². The molecule has 0 amide bonds. The number of ketones is 2. The van der Waals surface area contributed by atoms with Crippen molar-refractivity contribution >= 4 is 23.5 Å². The number of ether oxygens (including phenoxy) is 3. The molecule has 0 radical (unpaired) electrons. The number of carbonyl (C=O) groups is 4. The van der Waals surface area contributed by atoms with Crippen molar-refractivity contribution in [1.82, 2.24) is 0 Å². The molecular weight excluding hydrogens is 562 g/mol. The fraction of sp³-hybridized carbons (Fsp3) is 0.677. The maximum atomic E-state index is 14.2. The zero-order valence-electron chi connectivity index (χ0n) is 25.1. The number of fused-ring (bicyclic) bond motifs is 3. The lowest BCUT2D eigenvalue weighted by Crippen LogP contribution is -2.74. The standard InChI is InChI=1S/C31H43NO11/c1-15-18(43-28(39)25(36)23(32)17-9-7-6-8-10-17)13-31(40)26(37)22-19(42-16(2)33)14-41-12-11-20(34)30(22,5)27(38)24(35)21(15)29(31,3)4/h6-10,15,18-23,25-26,34,36-37,40H,11-14,32H2,1-5H3. The summed E-state index contributed by atoms with van der Waals surface area (Å²) in [5, 5.41) is 46.6. The van der Waals surface area contributed by atoms with Crippen molar-refractivity contribution in [3.8, 4) is 0 Å². The Balaban J connectivity index is 1.78. The second-order valence-electron chi connectivity index (χ2n) is 13.0. The van der Waals surface area contributed by atoms with Gasteiger partial charge in [0.25, 0.3) is 0 Å². The molecule has 238 valence electrons. The molecule has 3 fully saturated rings. The van der Waals surface area contributed by atoms with Crippen LogP contribution in [0.15, 0.2) is 30.3 Å². The number of hydrogen-bond donors (Lipinski definition) is 5. The summed E-state index contributed by atoms with van der Waals surface area (Å²) < 4.78 is 16.7.